The van der Waals surface area contributed by atoms with Crippen LogP contribution in [0.2, 0.25) is 0 Å². The fourth-order valence-corrected chi connectivity index (χ4v) is 5.45. The highest BCUT2D eigenvalue weighted by atomic mass is 32.2. The van der Waals surface area contributed by atoms with E-state index in [1.165, 1.54) is 0 Å². The van der Waals surface area contributed by atoms with Gasteiger partial charge in [0.15, 0.2) is 0 Å². The molecule has 0 aliphatic carbocycles. The molecule has 0 spiro atoms. The van der Waals surface area contributed by atoms with E-state index in [1.807, 2.05) is 12.1 Å². The highest BCUT2D eigenvalue weighted by Crippen LogP contribution is 2.28. The Hall–Kier alpha value is -2.36. The van der Waals surface area contributed by atoms with E-state index in [0.717, 1.165) is 30.4 Å². The van der Waals surface area contributed by atoms with Crippen molar-refractivity contribution < 1.29 is 13.2 Å². The number of benzene rings is 1. The van der Waals surface area contributed by atoms with E-state index < -0.39 is 10.0 Å². The van der Waals surface area contributed by atoms with Crippen molar-refractivity contribution in [2.24, 2.45) is 4.99 Å². The number of aliphatic imine (C=N–C) groups is 1. The Balaban J connectivity index is 1.33. The van der Waals surface area contributed by atoms with Crippen LogP contribution in [0.1, 0.15) is 67.6 Å². The number of nitrogens with zero attached hydrogens (tertiary/aromatic N) is 2. The molecule has 3 unspecified atom stereocenters. The maximum atomic E-state index is 12.8. The van der Waals surface area contributed by atoms with Gasteiger partial charge in [-0.15, -0.1) is 0 Å². The molecule has 0 bridgehead atoms. The number of nitrogens with one attached hydrogen (secondary N) is 3. The number of carbonyl (C=O) groups is 1. The number of hydrogen-bond donors (Lipinski definition) is 3. The number of aromatic nitrogens is 2. The largest absolute Gasteiger partial charge is 0.312 e. The Kier molecular flexibility index (Phi) is 5.85. The maximum Gasteiger partial charge on any atom is 0.294 e. The minimum absolute atomic E-state index is 0.0222. The summed E-state index contributed by atoms with van der Waals surface area (Å²) in [7, 11) is -3.57. The number of H-pyrrole nitrogens is 1. The third-order valence-electron chi connectivity index (χ3n) is 6.06. The predicted octanol–water partition coefficient (Wildman–Crippen LogP) is 2.50. The SMILES string of the molecule is CC(C)(C)c1ccc(S(=O)(=O)NC2CCC(CC3C=NC(=O)c4[nH]ncc43)NC2)cc1. The second kappa shape index (κ2) is 8.29. The van der Waals surface area contributed by atoms with Gasteiger partial charge in [0.05, 0.1) is 11.1 Å². The van der Waals surface area contributed by atoms with Crippen LogP contribution in [0.5, 0.6) is 0 Å². The van der Waals surface area contributed by atoms with E-state index in [2.05, 4.69) is 46.0 Å². The van der Waals surface area contributed by atoms with E-state index in [-0.39, 0.29) is 34.2 Å². The minimum atomic E-state index is -3.57. The van der Waals surface area contributed by atoms with Gasteiger partial charge in [-0.2, -0.15) is 5.10 Å². The number of hydrogen-bond acceptors (Lipinski definition) is 5. The van der Waals surface area contributed by atoms with Gasteiger partial charge in [-0.25, -0.2) is 18.1 Å². The van der Waals surface area contributed by atoms with Gasteiger partial charge in [-0.3, -0.25) is 9.89 Å². The van der Waals surface area contributed by atoms with Crippen molar-refractivity contribution in [2.45, 2.75) is 68.3 Å². The first kappa shape index (κ1) is 21.9. The average molecular weight is 444 g/mol. The number of aromatic amines is 1. The van der Waals surface area contributed by atoms with E-state index in [9.17, 15) is 13.2 Å². The number of amides is 1. The fourth-order valence-electron chi connectivity index (χ4n) is 4.18. The Labute approximate surface area is 183 Å². The maximum absolute atomic E-state index is 12.8. The predicted molar refractivity (Wildman–Crippen MR) is 119 cm³/mol. The number of carbonyl (C=O) groups excluding carboxylic acids is 1. The summed E-state index contributed by atoms with van der Waals surface area (Å²) < 4.78 is 28.4. The number of sulfonamides is 1. The van der Waals surface area contributed by atoms with Gasteiger partial charge in [-0.05, 0) is 42.4 Å². The van der Waals surface area contributed by atoms with Crippen LogP contribution in [0.3, 0.4) is 0 Å². The molecule has 4 rings (SSSR count). The summed E-state index contributed by atoms with van der Waals surface area (Å²) in [6.07, 6.45) is 5.75. The number of rotatable bonds is 5. The summed E-state index contributed by atoms with van der Waals surface area (Å²) in [5.74, 6) is -0.260. The molecule has 0 radical (unpaired) electrons. The number of fused-ring (bicyclic) bond motifs is 1. The zero-order valence-corrected chi connectivity index (χ0v) is 18.9. The van der Waals surface area contributed by atoms with Crippen LogP contribution >= 0.6 is 0 Å². The molecule has 1 aromatic heterocycles. The van der Waals surface area contributed by atoms with Gasteiger partial charge in [0, 0.05) is 36.3 Å². The lowest BCUT2D eigenvalue weighted by Crippen LogP contribution is -2.49. The third-order valence-corrected chi connectivity index (χ3v) is 7.60. The molecular formula is C22H29N5O3S. The first-order valence-corrected chi connectivity index (χ1v) is 12.1. The summed E-state index contributed by atoms with van der Waals surface area (Å²) in [6, 6.07) is 7.17. The van der Waals surface area contributed by atoms with Gasteiger partial charge in [0.25, 0.3) is 5.91 Å². The topological polar surface area (TPSA) is 116 Å². The van der Waals surface area contributed by atoms with Crippen molar-refractivity contribution >= 4 is 22.1 Å². The van der Waals surface area contributed by atoms with Gasteiger partial charge < -0.3 is 5.32 Å². The van der Waals surface area contributed by atoms with Crippen LogP contribution in [0.4, 0.5) is 0 Å². The average Bonchev–Trinajstić information content (AvgIpc) is 3.22. The van der Waals surface area contributed by atoms with E-state index in [4.69, 9.17) is 0 Å². The normalized spacial score (nSPS) is 24.2. The standard InChI is InChI=1S/C22H29N5O3S/c1-22(2,3)15-4-8-18(9-5-15)31(29,30)27-17-7-6-16(23-12-17)10-14-11-24-21(28)20-19(14)13-25-26-20/h4-5,8-9,11,13-14,16-17,23,27H,6-7,10,12H2,1-3H3,(H,25,26). The molecule has 3 N–H and O–H groups in total. The van der Waals surface area contributed by atoms with Crippen LogP contribution in [0.15, 0.2) is 40.4 Å². The molecule has 31 heavy (non-hydrogen) atoms. The molecule has 8 nitrogen and oxygen atoms in total. The highest BCUT2D eigenvalue weighted by Gasteiger charge is 2.30. The molecule has 9 heteroatoms. The van der Waals surface area contributed by atoms with Crippen LogP contribution in [-0.2, 0) is 15.4 Å². The lowest BCUT2D eigenvalue weighted by molar-refractivity contribution is 0.0994. The Morgan fingerprint density at radius 1 is 1.16 bits per heavy atom. The molecule has 2 aliphatic rings. The Morgan fingerprint density at radius 2 is 1.90 bits per heavy atom. The second-order valence-electron chi connectivity index (χ2n) is 9.40. The van der Waals surface area contributed by atoms with Crippen molar-refractivity contribution in [1.29, 1.82) is 0 Å². The van der Waals surface area contributed by atoms with Crippen LogP contribution in [0, 0.1) is 0 Å². The molecule has 0 saturated carbocycles. The third kappa shape index (κ3) is 4.78. The van der Waals surface area contributed by atoms with Gasteiger partial charge in [0.1, 0.15) is 5.69 Å². The summed E-state index contributed by atoms with van der Waals surface area (Å²) in [5.41, 5.74) is 2.42. The molecule has 1 aromatic carbocycles. The summed E-state index contributed by atoms with van der Waals surface area (Å²) in [6.45, 7) is 6.86. The van der Waals surface area contributed by atoms with Gasteiger partial charge in [0.2, 0.25) is 10.0 Å². The minimum Gasteiger partial charge on any atom is -0.312 e. The molecular weight excluding hydrogens is 414 g/mol. The zero-order chi connectivity index (χ0) is 22.2. The molecule has 166 valence electrons. The summed E-state index contributed by atoms with van der Waals surface area (Å²) in [4.78, 5) is 16.0. The van der Waals surface area contributed by atoms with Crippen molar-refractivity contribution in [3.63, 3.8) is 0 Å². The molecule has 3 heterocycles. The zero-order valence-electron chi connectivity index (χ0n) is 18.1. The fraction of sp³-hybridized carbons (Fsp3) is 0.500. The first-order chi connectivity index (χ1) is 14.6. The van der Waals surface area contributed by atoms with Crippen molar-refractivity contribution in [2.75, 3.05) is 6.54 Å². The van der Waals surface area contributed by atoms with Crippen molar-refractivity contribution in [3.8, 4) is 0 Å². The Morgan fingerprint density at radius 3 is 2.55 bits per heavy atom. The lowest BCUT2D eigenvalue weighted by atomic mass is 9.87. The van der Waals surface area contributed by atoms with E-state index in [0.29, 0.717) is 12.2 Å². The molecule has 1 fully saturated rings. The lowest BCUT2D eigenvalue weighted by Gasteiger charge is -2.32. The Bertz CT molecular complexity index is 1080. The molecule has 2 aromatic rings. The molecule has 2 aliphatic heterocycles. The van der Waals surface area contributed by atoms with Crippen LogP contribution in [-0.4, -0.2) is 49.4 Å². The summed E-state index contributed by atoms with van der Waals surface area (Å²) in [5, 5.41) is 10.1. The monoisotopic (exact) mass is 443 g/mol. The quantitative estimate of drug-likeness (QED) is 0.657. The van der Waals surface area contributed by atoms with Crippen molar-refractivity contribution in [1.82, 2.24) is 20.2 Å². The van der Waals surface area contributed by atoms with Crippen LogP contribution in [0.25, 0.3) is 0 Å². The van der Waals surface area contributed by atoms with Gasteiger partial charge in [-0.1, -0.05) is 32.9 Å². The molecule has 1 saturated heterocycles. The van der Waals surface area contributed by atoms with Gasteiger partial charge >= 0.3 is 0 Å². The van der Waals surface area contributed by atoms with E-state index >= 15 is 0 Å². The number of piperidine rings is 1. The van der Waals surface area contributed by atoms with Crippen LogP contribution < -0.4 is 10.0 Å². The first-order valence-electron chi connectivity index (χ1n) is 10.6. The highest BCUT2D eigenvalue weighted by molar-refractivity contribution is 7.89. The smallest absolute Gasteiger partial charge is 0.294 e. The van der Waals surface area contributed by atoms with Crippen molar-refractivity contribution in [3.05, 3.63) is 47.3 Å². The summed E-state index contributed by atoms with van der Waals surface area (Å²) >= 11 is 0. The van der Waals surface area contributed by atoms with E-state index in [1.54, 1.807) is 24.5 Å². The molecule has 3 atom stereocenters. The molecule has 1 amide bonds. The second-order valence-corrected chi connectivity index (χ2v) is 11.1.